The lowest BCUT2D eigenvalue weighted by Crippen LogP contribution is -2.61. The van der Waals surface area contributed by atoms with E-state index in [9.17, 15) is 24.7 Å². The number of Topliss-reactive ketones (excluding diaryl/α,β-unsaturated/α-hetero) is 1. The van der Waals surface area contributed by atoms with Crippen molar-refractivity contribution < 1.29 is 38.6 Å². The summed E-state index contributed by atoms with van der Waals surface area (Å²) in [6.45, 7) is 7.32. The van der Waals surface area contributed by atoms with Crippen LogP contribution in [0, 0.1) is 28.6 Å². The van der Waals surface area contributed by atoms with E-state index in [-0.39, 0.29) is 37.3 Å². The second kappa shape index (κ2) is 10.1. The minimum absolute atomic E-state index is 0.0583. The van der Waals surface area contributed by atoms with Gasteiger partial charge in [-0.2, -0.15) is 0 Å². The summed E-state index contributed by atoms with van der Waals surface area (Å²) in [6.07, 6.45) is 7.88. The summed E-state index contributed by atoms with van der Waals surface area (Å²) in [5, 5.41) is 36.5. The molecule has 4 rings (SSSR count). The Labute approximate surface area is 213 Å². The molecule has 3 saturated carbocycles. The van der Waals surface area contributed by atoms with E-state index in [1.807, 2.05) is 19.1 Å². The van der Waals surface area contributed by atoms with Gasteiger partial charge in [-0.3, -0.25) is 9.36 Å². The molecule has 3 fully saturated rings. The Morgan fingerprint density at radius 3 is 2.56 bits per heavy atom. The van der Waals surface area contributed by atoms with Crippen LogP contribution in [0.1, 0.15) is 59.8 Å². The summed E-state index contributed by atoms with van der Waals surface area (Å²) in [4.78, 5) is 17.9. The second-order valence-corrected chi connectivity index (χ2v) is 13.0. The fourth-order valence-corrected chi connectivity index (χ4v) is 8.88. The number of aliphatic hydroxyl groups excluding tert-OH is 2. The average Bonchev–Trinajstić information content (AvgIpc) is 3.09. The maximum absolute atomic E-state index is 12.6. The molecule has 0 bridgehead atoms. The van der Waals surface area contributed by atoms with Crippen molar-refractivity contribution in [2.75, 3.05) is 26.2 Å². The predicted octanol–water partition coefficient (Wildman–Crippen LogP) is 3.58. The van der Waals surface area contributed by atoms with Gasteiger partial charge in [0.25, 0.3) is 0 Å². The van der Waals surface area contributed by atoms with Crippen LogP contribution in [0.3, 0.4) is 0 Å². The number of aliphatic hydroxyl groups is 3. The van der Waals surface area contributed by atoms with E-state index in [1.165, 1.54) is 0 Å². The van der Waals surface area contributed by atoms with Gasteiger partial charge in [-0.25, -0.2) is 0 Å². The topological polar surface area (TPSA) is 135 Å². The lowest BCUT2D eigenvalue weighted by atomic mass is 9.46. The number of hydrogen-bond donors (Lipinski definition) is 3. The average molecular weight is 526 g/mol. The first-order chi connectivity index (χ1) is 17.0. The van der Waals surface area contributed by atoms with E-state index in [1.54, 1.807) is 13.8 Å². The van der Waals surface area contributed by atoms with Crippen molar-refractivity contribution in [2.45, 2.75) is 71.5 Å². The zero-order valence-electron chi connectivity index (χ0n) is 21.7. The van der Waals surface area contributed by atoms with Gasteiger partial charge in [0.05, 0.1) is 19.3 Å². The van der Waals surface area contributed by atoms with E-state index in [4.69, 9.17) is 13.9 Å². The van der Waals surface area contributed by atoms with Crippen molar-refractivity contribution in [2.24, 2.45) is 33.7 Å². The SMILES string of the molecule is CCOP(=O)(CON=C1C=C[C@@]2(C)C(=C1)CCC1C2C(O)C[C@@]2(C)C1CC[C@]2(O)C(=O)CO)OCC. The number of allylic oxidation sites excluding steroid dienone is 4. The molecule has 10 heteroatoms. The lowest BCUT2D eigenvalue weighted by Gasteiger charge is -2.59. The van der Waals surface area contributed by atoms with Crippen molar-refractivity contribution in [3.05, 3.63) is 23.8 Å². The Morgan fingerprint density at radius 1 is 1.22 bits per heavy atom. The first-order valence-electron chi connectivity index (χ1n) is 13.0. The molecule has 0 amide bonds. The molecule has 0 aromatic rings. The molecule has 0 aromatic carbocycles. The normalized spacial score (nSPS) is 40.9. The smallest absolute Gasteiger partial charge is 0.370 e. The number of rotatable bonds is 9. The van der Waals surface area contributed by atoms with Gasteiger partial charge >= 0.3 is 7.60 Å². The van der Waals surface area contributed by atoms with Crippen LogP contribution in [0.4, 0.5) is 0 Å². The summed E-state index contributed by atoms with van der Waals surface area (Å²) >= 11 is 0. The van der Waals surface area contributed by atoms with Crippen molar-refractivity contribution in [3.63, 3.8) is 0 Å². The zero-order chi connectivity index (χ0) is 26.4. The van der Waals surface area contributed by atoms with Crippen LogP contribution in [0.25, 0.3) is 0 Å². The highest BCUT2D eigenvalue weighted by Gasteiger charge is 2.67. The van der Waals surface area contributed by atoms with Gasteiger partial charge in [-0.05, 0) is 69.9 Å². The molecule has 36 heavy (non-hydrogen) atoms. The third-order valence-electron chi connectivity index (χ3n) is 9.30. The van der Waals surface area contributed by atoms with Crippen LogP contribution in [0.5, 0.6) is 0 Å². The molecule has 0 radical (unpaired) electrons. The van der Waals surface area contributed by atoms with Gasteiger partial charge < -0.3 is 29.2 Å². The van der Waals surface area contributed by atoms with Crippen molar-refractivity contribution >= 4 is 19.1 Å². The van der Waals surface area contributed by atoms with Crippen LogP contribution < -0.4 is 0 Å². The Hall–Kier alpha value is -1.35. The summed E-state index contributed by atoms with van der Waals surface area (Å²) in [5.41, 5.74) is -1.01. The molecule has 4 aliphatic carbocycles. The minimum Gasteiger partial charge on any atom is -0.393 e. The molecule has 0 saturated heterocycles. The summed E-state index contributed by atoms with van der Waals surface area (Å²) in [5.74, 6) is -0.374. The van der Waals surface area contributed by atoms with E-state index >= 15 is 0 Å². The number of nitrogens with zero attached hydrogens (tertiary/aromatic N) is 1. The third-order valence-corrected chi connectivity index (χ3v) is 11.0. The van der Waals surface area contributed by atoms with Crippen LogP contribution >= 0.6 is 7.60 Å². The number of oxime groups is 1. The largest absolute Gasteiger partial charge is 0.393 e. The van der Waals surface area contributed by atoms with Gasteiger partial charge in [0.1, 0.15) is 17.9 Å². The van der Waals surface area contributed by atoms with Gasteiger partial charge in [0.2, 0.25) is 6.35 Å². The van der Waals surface area contributed by atoms with Crippen LogP contribution in [0.2, 0.25) is 0 Å². The number of fused-ring (bicyclic) bond motifs is 5. The molecule has 4 aliphatic rings. The molecule has 202 valence electrons. The predicted molar refractivity (Wildman–Crippen MR) is 134 cm³/mol. The molecular formula is C26H40NO8P. The number of hydrogen-bond acceptors (Lipinski definition) is 9. The molecule has 0 spiro atoms. The van der Waals surface area contributed by atoms with Gasteiger partial charge in [-0.1, -0.05) is 30.7 Å². The van der Waals surface area contributed by atoms with E-state index in [0.717, 1.165) is 18.4 Å². The first-order valence-corrected chi connectivity index (χ1v) is 14.7. The van der Waals surface area contributed by atoms with Crippen molar-refractivity contribution in [3.8, 4) is 0 Å². The van der Waals surface area contributed by atoms with Crippen molar-refractivity contribution in [1.29, 1.82) is 0 Å². The maximum atomic E-state index is 12.6. The molecule has 7 atom stereocenters. The molecule has 4 unspecified atom stereocenters. The monoisotopic (exact) mass is 525 g/mol. The number of ketones is 1. The summed E-state index contributed by atoms with van der Waals surface area (Å²) in [7, 11) is -3.36. The highest BCUT2D eigenvalue weighted by Crippen LogP contribution is 2.67. The van der Waals surface area contributed by atoms with Gasteiger partial charge in [0.15, 0.2) is 5.78 Å². The molecule has 0 heterocycles. The third kappa shape index (κ3) is 4.36. The zero-order valence-corrected chi connectivity index (χ0v) is 22.6. The van der Waals surface area contributed by atoms with Crippen LogP contribution in [0.15, 0.2) is 29.0 Å². The fraction of sp³-hybridized carbons (Fsp3) is 0.769. The van der Waals surface area contributed by atoms with E-state index < -0.39 is 42.5 Å². The Balaban J connectivity index is 1.54. The highest BCUT2D eigenvalue weighted by atomic mass is 31.2. The Kier molecular flexibility index (Phi) is 7.75. The molecular weight excluding hydrogens is 485 g/mol. The summed E-state index contributed by atoms with van der Waals surface area (Å²) < 4.78 is 23.1. The lowest BCUT2D eigenvalue weighted by molar-refractivity contribution is -0.178. The molecule has 3 N–H and O–H groups in total. The maximum Gasteiger partial charge on any atom is 0.370 e. The molecule has 0 aliphatic heterocycles. The van der Waals surface area contributed by atoms with Crippen LogP contribution in [-0.2, 0) is 23.2 Å². The Bertz CT molecular complexity index is 1000. The molecule has 9 nitrogen and oxygen atoms in total. The van der Waals surface area contributed by atoms with E-state index in [0.29, 0.717) is 25.0 Å². The minimum atomic E-state index is -3.36. The highest BCUT2D eigenvalue weighted by molar-refractivity contribution is 7.53. The van der Waals surface area contributed by atoms with Crippen LogP contribution in [-0.4, -0.2) is 64.7 Å². The van der Waals surface area contributed by atoms with Gasteiger partial charge in [-0.15, -0.1) is 0 Å². The van der Waals surface area contributed by atoms with Gasteiger partial charge in [0, 0.05) is 16.7 Å². The number of carbonyl (C=O) groups is 1. The first kappa shape index (κ1) is 27.7. The fourth-order valence-electron chi connectivity index (χ4n) is 7.67. The quantitative estimate of drug-likeness (QED) is 0.307. The summed E-state index contributed by atoms with van der Waals surface area (Å²) in [6, 6.07) is 0. The molecule has 0 aromatic heterocycles. The number of carbonyl (C=O) groups excluding carboxylic acids is 1. The van der Waals surface area contributed by atoms with Crippen molar-refractivity contribution in [1.82, 2.24) is 0 Å². The second-order valence-electron chi connectivity index (χ2n) is 11.0. The standard InChI is InChI=1S/C26H40NO8P/c1-5-34-36(32,35-6-2)16-33-27-18-9-11-24(3)17(13-18)7-8-19-20-10-12-26(31,22(30)15-28)25(20,4)14-21(29)23(19)24/h9,11,13,19-21,23,28-29,31H,5-8,10,12,14-16H2,1-4H3/t19?,20?,21?,23?,24-,25-,26-/m0/s1. The Morgan fingerprint density at radius 2 is 1.92 bits per heavy atom. The van der Waals surface area contributed by atoms with E-state index in [2.05, 4.69) is 18.2 Å².